The Balaban J connectivity index is -0.0000000780. The van der Waals surface area contributed by atoms with Gasteiger partial charge in [-0.2, -0.15) is 10.8 Å². The van der Waals surface area contributed by atoms with Crippen molar-refractivity contribution in [1.29, 1.82) is 0 Å². The maximum Gasteiger partial charge on any atom is 0.0297 e. The van der Waals surface area contributed by atoms with Crippen LogP contribution in [-0.4, -0.2) is 9.13 Å². The summed E-state index contributed by atoms with van der Waals surface area (Å²) in [6, 6.07) is 74.3. The largest absolute Gasteiger partial charge is 0.460 e. The van der Waals surface area contributed by atoms with Crippen LogP contribution in [0.2, 0.25) is 0 Å². The van der Waals surface area contributed by atoms with Crippen molar-refractivity contribution in [2.24, 2.45) is 0 Å². The number of hydrogen-bond acceptors (Lipinski definition) is 0. The summed E-state index contributed by atoms with van der Waals surface area (Å²) in [5.41, 5.74) is 15.9. The quantitative estimate of drug-likeness (QED) is 0.152. The summed E-state index contributed by atoms with van der Waals surface area (Å²) in [5.74, 6) is 0. The minimum atomic E-state index is 0. The number of hydrogen-bond donors (Lipinski definition) is 0. The van der Waals surface area contributed by atoms with Gasteiger partial charge in [0.25, 0.3) is 0 Å². The second-order valence-corrected chi connectivity index (χ2v) is 14.1. The van der Waals surface area contributed by atoms with Gasteiger partial charge in [-0.25, -0.2) is 24.3 Å². The first-order chi connectivity index (χ1) is 34.2. The van der Waals surface area contributed by atoms with E-state index in [0.717, 1.165) is 59.1 Å². The van der Waals surface area contributed by atoms with E-state index in [1.807, 2.05) is 119 Å². The van der Waals surface area contributed by atoms with Crippen LogP contribution in [0.5, 0.6) is 0 Å². The monoisotopic (exact) mass is 2150 g/mol. The third-order valence-corrected chi connectivity index (χ3v) is 11.0. The molecule has 0 saturated heterocycles. The van der Waals surface area contributed by atoms with E-state index in [-0.39, 0.29) is 458 Å². The van der Waals surface area contributed by atoms with Crippen LogP contribution in [-0.2, 0) is 484 Å². The summed E-state index contributed by atoms with van der Waals surface area (Å²) < 4.78 is 4.60. The van der Waals surface area contributed by atoms with Gasteiger partial charge in [-0.05, 0) is 72.0 Å². The minimum absolute atomic E-state index is 0. The smallest absolute Gasteiger partial charge is 0.0297 e. The number of rotatable bonds is 5. The van der Waals surface area contributed by atoms with Gasteiger partial charge in [-0.3, -0.25) is 24.3 Å². The third kappa shape index (κ3) is 34.6. The Morgan fingerprint density at radius 1 is 0.349 bits per heavy atom. The fraction of sp³-hybridized carbons (Fsp3) is 0.284. The minimum Gasteiger partial charge on any atom is -0.460 e. The Morgan fingerprint density at radius 2 is 0.759 bits per heavy atom. The van der Waals surface area contributed by atoms with Crippen LogP contribution in [0.1, 0.15) is 121 Å². The number of aromatic nitrogens is 2. The third-order valence-electron chi connectivity index (χ3n) is 11.0. The molecule has 2 heterocycles. The number of benzene rings is 8. The molecule has 11 rings (SSSR count). The first-order valence-corrected chi connectivity index (χ1v) is 25.8. The topological polar surface area (TPSA) is 9.86 Å². The molecule has 10 aromatic rings. The molecule has 0 N–H and O–H groups in total. The molecular formula is C67H76N2Y14-8. The summed E-state index contributed by atoms with van der Waals surface area (Å²) in [5, 5.41) is 4.84. The number of para-hydroxylation sites is 2. The average molecular weight is 2150 g/mol. The maximum absolute atomic E-state index is 3.50. The van der Waals surface area contributed by atoms with Crippen molar-refractivity contribution in [3.63, 3.8) is 0 Å². The van der Waals surface area contributed by atoms with Crippen LogP contribution in [0.3, 0.4) is 0 Å². The van der Waals surface area contributed by atoms with Crippen LogP contribution in [0.4, 0.5) is 0 Å². The molecule has 0 saturated carbocycles. The van der Waals surface area contributed by atoms with Crippen LogP contribution in [0.25, 0.3) is 77.0 Å². The fourth-order valence-corrected chi connectivity index (χ4v) is 8.30. The van der Waals surface area contributed by atoms with Gasteiger partial charge in [0.2, 0.25) is 0 Å². The van der Waals surface area contributed by atoms with E-state index in [4.69, 9.17) is 0 Å². The van der Waals surface area contributed by atoms with Crippen molar-refractivity contribution >= 4 is 43.6 Å². The summed E-state index contributed by atoms with van der Waals surface area (Å²) >= 11 is 0. The van der Waals surface area contributed by atoms with E-state index in [1.165, 1.54) is 55.0 Å². The molecule has 2 aromatic heterocycles. The zero-order valence-corrected chi connectivity index (χ0v) is 92.3. The van der Waals surface area contributed by atoms with E-state index >= 15 is 0 Å². The van der Waals surface area contributed by atoms with E-state index < -0.39 is 0 Å². The predicted octanol–water partition coefficient (Wildman–Crippen LogP) is 19.3. The molecule has 16 heteroatoms. The summed E-state index contributed by atoms with van der Waals surface area (Å²) in [6.45, 7) is 32.4. The molecular weight excluding hydrogens is 2080 g/mol. The SMILES string of the molecule is CC.CC.CC.CC.CC.CC.CCc1cccc2c1Cc1ccccc1-2.CCn1c2[c-]c(-c3[c-]ccc[c-]3)[c-]cc2c2ccccc21.CCn1c2c[c-]c(-c3[c-]ccc[c-]3)[c-]c2c2ccccc21.[Y].[Y].[Y].[Y].[Y].[Y].[Y].[Y].[Y].[Y].[Y].[Y].[Y].[Y]. The van der Waals surface area contributed by atoms with Gasteiger partial charge in [0.1, 0.15) is 0 Å². The second kappa shape index (κ2) is 72.1. The Bertz CT molecular complexity index is 3030. The van der Waals surface area contributed by atoms with Crippen LogP contribution in [0, 0.1) is 48.5 Å². The molecule has 0 amide bonds. The normalized spacial score (nSPS) is 8.37. The van der Waals surface area contributed by atoms with Crippen molar-refractivity contribution in [2.45, 2.75) is 130 Å². The molecule has 0 aliphatic heterocycles. The van der Waals surface area contributed by atoms with E-state index in [1.54, 1.807) is 5.56 Å². The van der Waals surface area contributed by atoms with Crippen LogP contribution >= 0.6 is 0 Å². The molecule has 0 atom stereocenters. The Morgan fingerprint density at radius 3 is 1.24 bits per heavy atom. The Hall–Kier alpha value is 8.81. The number of fused-ring (bicyclic) bond motifs is 9. The molecule has 0 bridgehead atoms. The zero-order valence-electron chi connectivity index (χ0n) is 52.6. The summed E-state index contributed by atoms with van der Waals surface area (Å²) in [6.07, 6.45) is 2.26. The molecule has 1 aliphatic rings. The second-order valence-electron chi connectivity index (χ2n) is 14.1. The maximum atomic E-state index is 3.50. The molecule has 0 unspecified atom stereocenters. The number of aryl methyl sites for hydroxylation is 3. The van der Waals surface area contributed by atoms with Crippen molar-refractivity contribution < 1.29 is 458 Å². The van der Waals surface area contributed by atoms with Crippen molar-refractivity contribution in [3.05, 3.63) is 205 Å². The molecule has 0 fully saturated rings. The Kier molecular flexibility index (Phi) is 103. The summed E-state index contributed by atoms with van der Waals surface area (Å²) in [4.78, 5) is 0. The molecule has 83 heavy (non-hydrogen) atoms. The number of nitrogens with zero attached hydrogens (tertiary/aromatic N) is 2. The van der Waals surface area contributed by atoms with Gasteiger partial charge in [-0.15, -0.1) is 11.0 Å². The van der Waals surface area contributed by atoms with Crippen molar-refractivity contribution in [2.75, 3.05) is 0 Å². The van der Waals surface area contributed by atoms with Crippen molar-refractivity contribution in [1.82, 2.24) is 9.13 Å². The van der Waals surface area contributed by atoms with E-state index in [0.29, 0.717) is 0 Å². The Labute approximate surface area is 858 Å². The fourth-order valence-electron chi connectivity index (χ4n) is 8.30. The predicted molar refractivity (Wildman–Crippen MR) is 304 cm³/mol. The van der Waals surface area contributed by atoms with Gasteiger partial charge in [0.15, 0.2) is 0 Å². The summed E-state index contributed by atoms with van der Waals surface area (Å²) in [7, 11) is 0. The molecule has 14 radical (unpaired) electrons. The van der Waals surface area contributed by atoms with Gasteiger partial charge < -0.3 is 79.9 Å². The van der Waals surface area contributed by atoms with Crippen LogP contribution in [0.15, 0.2) is 140 Å². The first kappa shape index (κ1) is 119. The van der Waals surface area contributed by atoms with Crippen molar-refractivity contribution in [3.8, 4) is 33.4 Å². The molecule has 2 nitrogen and oxygen atoms in total. The average Bonchev–Trinajstić information content (AvgIpc) is 4.12. The van der Waals surface area contributed by atoms with Gasteiger partial charge in [-0.1, -0.05) is 174 Å². The van der Waals surface area contributed by atoms with Gasteiger partial charge in [0, 0.05) is 482 Å². The molecule has 404 valence electrons. The van der Waals surface area contributed by atoms with Crippen LogP contribution < -0.4 is 0 Å². The first-order valence-electron chi connectivity index (χ1n) is 25.8. The standard InChI is InChI=1S/2C20H13N.C15H14.6C2H6.14Y/c1-2-21-19-11-7-6-10-17(19)18-14-16(12-13-20(18)21)15-8-4-3-5-9-15;1-2-21-19-11-7-6-10-17(19)18-13-12-16(14-20(18)21)15-8-4-3-5-9-15;1-2-11-7-5-9-14-13-8-4-3-6-12(13)10-15(11)14;6*1-2;;;;;;;;;;;;;;/h2*3-7,10-11,13H,2H2,1H3;3-9H,2,10H2,1H3;6*1-2H3;;;;;;;;;;;;;;/q2*-4;;;;;;;;;;;;;;;;;;;;;. The molecule has 1 aliphatic carbocycles. The van der Waals surface area contributed by atoms with Gasteiger partial charge in [0.05, 0.1) is 0 Å². The molecule has 8 aromatic carbocycles. The zero-order chi connectivity index (χ0) is 50.7. The molecule has 0 spiro atoms. The van der Waals surface area contributed by atoms with E-state index in [2.05, 4.69) is 182 Å². The van der Waals surface area contributed by atoms with E-state index in [9.17, 15) is 0 Å². The van der Waals surface area contributed by atoms with Gasteiger partial charge >= 0.3 is 0 Å².